The summed E-state index contributed by atoms with van der Waals surface area (Å²) in [5.41, 5.74) is 3.43. The van der Waals surface area contributed by atoms with E-state index in [2.05, 4.69) is 9.88 Å². The molecular formula is C23H28N2O3S. The molecule has 0 radical (unpaired) electrons. The lowest BCUT2D eigenvalue weighted by atomic mass is 10.1. The van der Waals surface area contributed by atoms with Crippen LogP contribution in [0.2, 0.25) is 0 Å². The van der Waals surface area contributed by atoms with Crippen LogP contribution in [0.15, 0.2) is 52.4 Å². The molecule has 2 aromatic carbocycles. The number of fused-ring (bicyclic) bond motifs is 1. The fourth-order valence-electron chi connectivity index (χ4n) is 3.47. The molecule has 0 spiro atoms. The maximum atomic E-state index is 13.6. The number of nitrogens with zero attached hydrogens (tertiary/aromatic N) is 2. The molecule has 0 unspecified atom stereocenters. The first kappa shape index (κ1) is 21.1. The molecule has 3 aromatic rings. The third kappa shape index (κ3) is 3.94. The van der Waals surface area contributed by atoms with E-state index in [1.165, 1.54) is 6.20 Å². The summed E-state index contributed by atoms with van der Waals surface area (Å²) in [4.78, 5) is 7.04. The molecule has 0 aliphatic heterocycles. The number of hydrogen-bond donors (Lipinski definition) is 0. The Kier molecular flexibility index (Phi) is 6.13. The summed E-state index contributed by atoms with van der Waals surface area (Å²) in [5.74, 6) is 0.705. The van der Waals surface area contributed by atoms with E-state index in [9.17, 15) is 8.42 Å². The van der Waals surface area contributed by atoms with Crippen molar-refractivity contribution in [3.05, 3.63) is 53.7 Å². The Labute approximate surface area is 173 Å². The predicted molar refractivity (Wildman–Crippen MR) is 118 cm³/mol. The highest BCUT2D eigenvalue weighted by Crippen LogP contribution is 2.37. The zero-order valence-electron chi connectivity index (χ0n) is 17.7. The van der Waals surface area contributed by atoms with Gasteiger partial charge in [-0.1, -0.05) is 6.07 Å². The second kappa shape index (κ2) is 8.41. The lowest BCUT2D eigenvalue weighted by molar-refractivity contribution is 0.340. The van der Waals surface area contributed by atoms with E-state index in [1.807, 2.05) is 58.9 Å². The molecule has 0 saturated heterocycles. The number of pyridine rings is 1. The van der Waals surface area contributed by atoms with Crippen molar-refractivity contribution in [2.24, 2.45) is 0 Å². The smallest absolute Gasteiger partial charge is 0.210 e. The lowest BCUT2D eigenvalue weighted by Gasteiger charge is -2.26. The van der Waals surface area contributed by atoms with Crippen LogP contribution < -0.4 is 9.64 Å². The van der Waals surface area contributed by atoms with Gasteiger partial charge in [0, 0.05) is 24.7 Å². The van der Waals surface area contributed by atoms with E-state index in [0.717, 1.165) is 22.0 Å². The molecule has 6 heteroatoms. The molecule has 0 saturated carbocycles. The highest BCUT2D eigenvalue weighted by molar-refractivity contribution is 7.91. The van der Waals surface area contributed by atoms with Gasteiger partial charge in [0.15, 0.2) is 0 Å². The molecule has 0 fully saturated rings. The van der Waals surface area contributed by atoms with Crippen molar-refractivity contribution in [3.8, 4) is 5.75 Å². The SMILES string of the molecule is CCOc1ccc2ncc(S(=O)(=O)c3ccc(C)c(C)c3)c(N(CC)CC)c2c1. The van der Waals surface area contributed by atoms with E-state index in [0.29, 0.717) is 31.1 Å². The fourth-order valence-corrected chi connectivity index (χ4v) is 4.98. The van der Waals surface area contributed by atoms with Crippen LogP contribution in [0, 0.1) is 13.8 Å². The molecule has 154 valence electrons. The Hall–Kier alpha value is -2.60. The first-order valence-corrected chi connectivity index (χ1v) is 11.4. The van der Waals surface area contributed by atoms with E-state index in [1.54, 1.807) is 12.1 Å². The number of sulfone groups is 1. The van der Waals surface area contributed by atoms with Crippen LogP contribution in [0.4, 0.5) is 5.69 Å². The van der Waals surface area contributed by atoms with Gasteiger partial charge in [-0.25, -0.2) is 8.42 Å². The van der Waals surface area contributed by atoms with Crippen LogP contribution >= 0.6 is 0 Å². The van der Waals surface area contributed by atoms with Gasteiger partial charge in [0.1, 0.15) is 10.6 Å². The second-order valence-electron chi connectivity index (χ2n) is 7.00. The van der Waals surface area contributed by atoms with Gasteiger partial charge in [-0.3, -0.25) is 4.98 Å². The molecule has 3 rings (SSSR count). The Bertz CT molecular complexity index is 1140. The highest BCUT2D eigenvalue weighted by atomic mass is 32.2. The molecule has 0 aliphatic carbocycles. The maximum absolute atomic E-state index is 13.6. The van der Waals surface area contributed by atoms with Gasteiger partial charge in [-0.05, 0) is 76.1 Å². The minimum Gasteiger partial charge on any atom is -0.494 e. The highest BCUT2D eigenvalue weighted by Gasteiger charge is 2.26. The number of aryl methyl sites for hydroxylation is 2. The molecule has 5 nitrogen and oxygen atoms in total. The van der Waals surface area contributed by atoms with Crippen LogP contribution in [0.25, 0.3) is 10.9 Å². The normalized spacial score (nSPS) is 11.6. The number of rotatable bonds is 7. The molecule has 29 heavy (non-hydrogen) atoms. The quantitative estimate of drug-likeness (QED) is 0.551. The standard InChI is InChI=1S/C23H28N2O3S/c1-6-25(7-2)23-20-14-18(28-8-3)10-12-21(20)24-15-22(23)29(26,27)19-11-9-16(4)17(5)13-19/h9-15H,6-8H2,1-5H3. The number of hydrogen-bond acceptors (Lipinski definition) is 5. The number of anilines is 1. The summed E-state index contributed by atoms with van der Waals surface area (Å²) in [6.45, 7) is 11.8. The molecule has 0 amide bonds. The van der Waals surface area contributed by atoms with E-state index in [4.69, 9.17) is 4.74 Å². The van der Waals surface area contributed by atoms with Crippen molar-refractivity contribution < 1.29 is 13.2 Å². The Morgan fingerprint density at radius 3 is 2.31 bits per heavy atom. The summed E-state index contributed by atoms with van der Waals surface area (Å²) in [6, 6.07) is 10.9. The van der Waals surface area contributed by atoms with Gasteiger partial charge in [0.25, 0.3) is 0 Å². The third-order valence-electron chi connectivity index (χ3n) is 5.25. The zero-order valence-corrected chi connectivity index (χ0v) is 18.5. The van der Waals surface area contributed by atoms with Crippen molar-refractivity contribution in [2.45, 2.75) is 44.4 Å². The van der Waals surface area contributed by atoms with Gasteiger partial charge in [-0.15, -0.1) is 0 Å². The zero-order chi connectivity index (χ0) is 21.2. The Balaban J connectivity index is 2.33. The summed E-state index contributed by atoms with van der Waals surface area (Å²) >= 11 is 0. The van der Waals surface area contributed by atoms with Crippen molar-refractivity contribution >= 4 is 26.4 Å². The minimum absolute atomic E-state index is 0.227. The van der Waals surface area contributed by atoms with Gasteiger partial charge < -0.3 is 9.64 Å². The minimum atomic E-state index is -3.74. The maximum Gasteiger partial charge on any atom is 0.210 e. The van der Waals surface area contributed by atoms with Crippen molar-refractivity contribution in [2.75, 3.05) is 24.6 Å². The van der Waals surface area contributed by atoms with Gasteiger partial charge >= 0.3 is 0 Å². The second-order valence-corrected chi connectivity index (χ2v) is 8.92. The van der Waals surface area contributed by atoms with Gasteiger partial charge in [0.2, 0.25) is 9.84 Å². The molecule has 0 N–H and O–H groups in total. The monoisotopic (exact) mass is 412 g/mol. The van der Waals surface area contributed by atoms with E-state index in [-0.39, 0.29) is 9.79 Å². The number of ether oxygens (including phenoxy) is 1. The fraction of sp³-hybridized carbons (Fsp3) is 0.348. The van der Waals surface area contributed by atoms with E-state index >= 15 is 0 Å². The first-order valence-electron chi connectivity index (χ1n) is 9.96. The molecule has 0 bridgehead atoms. The van der Waals surface area contributed by atoms with Gasteiger partial charge in [-0.2, -0.15) is 0 Å². The Morgan fingerprint density at radius 2 is 1.69 bits per heavy atom. The molecular weight excluding hydrogens is 384 g/mol. The number of benzene rings is 2. The number of aromatic nitrogens is 1. The van der Waals surface area contributed by atoms with Gasteiger partial charge in [0.05, 0.1) is 22.7 Å². The summed E-state index contributed by atoms with van der Waals surface area (Å²) in [6.07, 6.45) is 1.49. The van der Waals surface area contributed by atoms with Crippen molar-refractivity contribution in [3.63, 3.8) is 0 Å². The molecule has 1 aromatic heterocycles. The molecule has 0 aliphatic rings. The average Bonchev–Trinajstić information content (AvgIpc) is 2.71. The average molecular weight is 413 g/mol. The van der Waals surface area contributed by atoms with Crippen molar-refractivity contribution in [1.82, 2.24) is 4.98 Å². The van der Waals surface area contributed by atoms with Crippen LogP contribution in [0.3, 0.4) is 0 Å². The summed E-state index contributed by atoms with van der Waals surface area (Å²) < 4.78 is 32.9. The topological polar surface area (TPSA) is 59.5 Å². The lowest BCUT2D eigenvalue weighted by Crippen LogP contribution is -2.24. The van der Waals surface area contributed by atoms with E-state index < -0.39 is 9.84 Å². The van der Waals surface area contributed by atoms with Crippen LogP contribution in [0.5, 0.6) is 5.75 Å². The first-order chi connectivity index (χ1) is 13.8. The largest absolute Gasteiger partial charge is 0.494 e. The third-order valence-corrected chi connectivity index (χ3v) is 7.00. The summed E-state index contributed by atoms with van der Waals surface area (Å²) in [5, 5.41) is 0.782. The summed E-state index contributed by atoms with van der Waals surface area (Å²) in [7, 11) is -3.74. The van der Waals surface area contributed by atoms with Crippen molar-refractivity contribution in [1.29, 1.82) is 0 Å². The van der Waals surface area contributed by atoms with Crippen LogP contribution in [-0.2, 0) is 9.84 Å². The van der Waals surface area contributed by atoms with Crippen LogP contribution in [0.1, 0.15) is 31.9 Å². The predicted octanol–water partition coefficient (Wildman–Crippen LogP) is 4.93. The van der Waals surface area contributed by atoms with Crippen LogP contribution in [-0.4, -0.2) is 33.1 Å². The molecule has 1 heterocycles. The molecule has 0 atom stereocenters. The Morgan fingerprint density at radius 1 is 0.966 bits per heavy atom.